The van der Waals surface area contributed by atoms with Gasteiger partial charge in [0.05, 0.1) is 31.2 Å². The molecule has 1 saturated heterocycles. The lowest BCUT2D eigenvalue weighted by Crippen LogP contribution is -2.29. The van der Waals surface area contributed by atoms with Crippen molar-refractivity contribution in [2.45, 2.75) is 36.6 Å². The van der Waals surface area contributed by atoms with E-state index in [-0.39, 0.29) is 18.8 Å². The number of carbonyl (C=O) groups is 2. The molecule has 0 saturated carbocycles. The van der Waals surface area contributed by atoms with Crippen molar-refractivity contribution in [1.82, 2.24) is 9.88 Å². The predicted octanol–water partition coefficient (Wildman–Crippen LogP) is 0.879. The average molecular weight is 434 g/mol. The molecule has 1 aromatic heterocycles. The minimum absolute atomic E-state index is 0.0468. The van der Waals surface area contributed by atoms with E-state index < -0.39 is 46.7 Å². The van der Waals surface area contributed by atoms with E-state index in [0.717, 1.165) is 0 Å². The van der Waals surface area contributed by atoms with Gasteiger partial charge in [0, 0.05) is 6.92 Å². The monoisotopic (exact) mass is 433 g/mol. The van der Waals surface area contributed by atoms with Crippen LogP contribution in [0.3, 0.4) is 0 Å². The summed E-state index contributed by atoms with van der Waals surface area (Å²) in [5.41, 5.74) is 0.314. The van der Waals surface area contributed by atoms with E-state index in [2.05, 4.69) is 17.2 Å². The van der Waals surface area contributed by atoms with Gasteiger partial charge in [-0.25, -0.2) is 4.57 Å². The van der Waals surface area contributed by atoms with Gasteiger partial charge in [-0.1, -0.05) is 35.0 Å². The minimum Gasteiger partial charge on any atom is -0.459 e. The van der Waals surface area contributed by atoms with Crippen LogP contribution in [-0.4, -0.2) is 56.7 Å². The van der Waals surface area contributed by atoms with Gasteiger partial charge < -0.3 is 30.0 Å². The molecule has 0 bridgehead atoms. The Kier molecular flexibility index (Phi) is 7.65. The molecule has 0 unspecified atom stereocenters. The number of esters is 1. The Labute approximate surface area is 169 Å². The van der Waals surface area contributed by atoms with Gasteiger partial charge in [0.15, 0.2) is 4.84 Å². The predicted molar refractivity (Wildman–Crippen MR) is 97.6 cm³/mol. The number of hydrogen-bond acceptors (Lipinski definition) is 7. The molecule has 0 aromatic carbocycles. The summed E-state index contributed by atoms with van der Waals surface area (Å²) in [5, 5.41) is 23.1. The first-order chi connectivity index (χ1) is 13.2. The highest BCUT2D eigenvalue weighted by Gasteiger charge is 2.41. The smallest absolute Gasteiger partial charge is 0.326 e. The lowest BCUT2D eigenvalue weighted by atomic mass is 10.2. The second-order valence-corrected chi connectivity index (χ2v) is 6.86. The average Bonchev–Trinajstić information content (AvgIpc) is 3.21. The molecule has 1 aliphatic heterocycles. The van der Waals surface area contributed by atoms with E-state index in [1.54, 1.807) is 0 Å². The van der Waals surface area contributed by atoms with Gasteiger partial charge in [0.25, 0.3) is 5.91 Å². The summed E-state index contributed by atoms with van der Waals surface area (Å²) < 4.78 is 11.9. The summed E-state index contributed by atoms with van der Waals surface area (Å²) in [6.07, 6.45) is -0.784. The van der Waals surface area contributed by atoms with Crippen LogP contribution in [0.25, 0.3) is 0 Å². The molecule has 3 atom stereocenters. The van der Waals surface area contributed by atoms with Gasteiger partial charge in [-0.15, -0.1) is 0 Å². The summed E-state index contributed by atoms with van der Waals surface area (Å²) in [5.74, 6) is 3.88. The molecule has 1 aromatic rings. The van der Waals surface area contributed by atoms with Crippen LogP contribution in [0.15, 0.2) is 12.3 Å². The van der Waals surface area contributed by atoms with Gasteiger partial charge in [-0.3, -0.25) is 9.59 Å². The van der Waals surface area contributed by atoms with Gasteiger partial charge >= 0.3 is 11.8 Å². The maximum atomic E-state index is 11.4. The number of aliphatic hydroxyl groups excluding tert-OH is 1. The summed E-state index contributed by atoms with van der Waals surface area (Å²) in [7, 11) is 0. The number of aromatic nitrogens is 1. The molecule has 1 amide bonds. The molecule has 0 radical (unpaired) electrons. The Morgan fingerprint density at radius 3 is 2.86 bits per heavy atom. The van der Waals surface area contributed by atoms with Crippen molar-refractivity contribution in [3.05, 3.63) is 27.9 Å². The topological polar surface area (TPSA) is 133 Å². The molecule has 10 nitrogen and oxygen atoms in total. The Hall–Kier alpha value is -2.32. The van der Waals surface area contributed by atoms with E-state index in [1.807, 2.05) is 0 Å². The van der Waals surface area contributed by atoms with Crippen LogP contribution in [0.1, 0.15) is 25.1 Å². The van der Waals surface area contributed by atoms with E-state index in [0.29, 0.717) is 5.56 Å². The summed E-state index contributed by atoms with van der Waals surface area (Å²) in [4.78, 5) is 32.0. The van der Waals surface area contributed by atoms with Gasteiger partial charge in [-0.05, 0) is 4.92 Å². The molecule has 12 heteroatoms. The van der Waals surface area contributed by atoms with Crippen LogP contribution in [0.4, 0.5) is 5.82 Å². The van der Waals surface area contributed by atoms with Crippen LogP contribution in [0.2, 0.25) is 0 Å². The number of nitro groups is 1. The fourth-order valence-electron chi connectivity index (χ4n) is 2.64. The van der Waals surface area contributed by atoms with Crippen LogP contribution >= 0.6 is 23.2 Å². The molecule has 28 heavy (non-hydrogen) atoms. The summed E-state index contributed by atoms with van der Waals surface area (Å²) in [6.45, 7) is 0.774. The molecular formula is C16H17Cl2N3O7. The Morgan fingerprint density at radius 2 is 2.29 bits per heavy atom. The third-order valence-electron chi connectivity index (χ3n) is 3.78. The highest BCUT2D eigenvalue weighted by atomic mass is 35.5. The van der Waals surface area contributed by atoms with Crippen molar-refractivity contribution in [2.24, 2.45) is 0 Å². The SMILES string of the molecule is CC(=O)O[C@H]1C[C@H](n2cc(C#CCNC(=O)C(Cl)Cl)cc2[N+](=O)[O-])O[C@@H]1CO. The maximum Gasteiger partial charge on any atom is 0.326 e. The lowest BCUT2D eigenvalue weighted by molar-refractivity contribution is -0.393. The van der Waals surface area contributed by atoms with Crippen molar-refractivity contribution in [3.8, 4) is 11.8 Å². The quantitative estimate of drug-likeness (QED) is 0.223. The first kappa shape index (κ1) is 22.0. The summed E-state index contributed by atoms with van der Waals surface area (Å²) >= 11 is 10.8. The molecule has 2 rings (SSSR count). The second-order valence-electron chi connectivity index (χ2n) is 5.77. The molecule has 2 N–H and O–H groups in total. The first-order valence-corrected chi connectivity index (χ1v) is 8.94. The number of halogens is 2. The number of aliphatic hydroxyl groups is 1. The summed E-state index contributed by atoms with van der Waals surface area (Å²) in [6, 6.07) is 1.25. The number of carbonyl (C=O) groups excluding carboxylic acids is 2. The maximum absolute atomic E-state index is 11.4. The standard InChI is InChI=1S/C16H17Cl2N3O7/c1-9(23)27-11-6-14(28-12(11)8-22)20-7-10(5-13(20)21(25)26)3-2-4-19-16(24)15(17)18/h5,7,11-12,14-15,22H,4,6,8H2,1H3,(H,19,24)/t11-,12+,14+/m0/s1. The molecule has 2 heterocycles. The van der Waals surface area contributed by atoms with Gasteiger partial charge in [0.1, 0.15) is 18.4 Å². The molecule has 0 spiro atoms. The van der Waals surface area contributed by atoms with Gasteiger partial charge in [0.2, 0.25) is 6.23 Å². The molecule has 1 aliphatic rings. The number of rotatable bonds is 6. The number of nitrogens with one attached hydrogen (secondary N) is 1. The zero-order chi connectivity index (χ0) is 20.8. The third-order valence-corrected chi connectivity index (χ3v) is 4.18. The first-order valence-electron chi connectivity index (χ1n) is 8.07. The number of alkyl halides is 2. The lowest BCUT2D eigenvalue weighted by Gasteiger charge is -2.14. The van der Waals surface area contributed by atoms with E-state index in [4.69, 9.17) is 32.7 Å². The Balaban J connectivity index is 2.16. The van der Waals surface area contributed by atoms with Crippen molar-refractivity contribution in [2.75, 3.05) is 13.2 Å². The third kappa shape index (κ3) is 5.59. The van der Waals surface area contributed by atoms with E-state index in [9.17, 15) is 24.8 Å². The van der Waals surface area contributed by atoms with Gasteiger partial charge in [-0.2, -0.15) is 0 Å². The van der Waals surface area contributed by atoms with Crippen molar-refractivity contribution < 1.29 is 29.1 Å². The molecule has 1 fully saturated rings. The normalized spacial score (nSPS) is 21.1. The molecule has 0 aliphatic carbocycles. The largest absolute Gasteiger partial charge is 0.459 e. The van der Waals surface area contributed by atoms with E-state index in [1.165, 1.54) is 23.8 Å². The fraction of sp³-hybridized carbons (Fsp3) is 0.500. The second kappa shape index (κ2) is 9.75. The highest BCUT2D eigenvalue weighted by Crippen LogP contribution is 2.34. The van der Waals surface area contributed by atoms with Crippen LogP contribution in [0.5, 0.6) is 0 Å². The Morgan fingerprint density at radius 1 is 1.57 bits per heavy atom. The molecule has 152 valence electrons. The highest BCUT2D eigenvalue weighted by molar-refractivity contribution is 6.53. The minimum atomic E-state index is -1.21. The van der Waals surface area contributed by atoms with Crippen molar-refractivity contribution in [1.29, 1.82) is 0 Å². The van der Waals surface area contributed by atoms with Crippen LogP contribution in [0, 0.1) is 22.0 Å². The van der Waals surface area contributed by atoms with Crippen molar-refractivity contribution >= 4 is 40.9 Å². The van der Waals surface area contributed by atoms with Crippen molar-refractivity contribution in [3.63, 3.8) is 0 Å². The van der Waals surface area contributed by atoms with Crippen LogP contribution < -0.4 is 5.32 Å². The Bertz CT molecular complexity index is 815. The fourth-order valence-corrected chi connectivity index (χ4v) is 2.79. The number of hydrogen-bond donors (Lipinski definition) is 2. The van der Waals surface area contributed by atoms with Crippen LogP contribution in [-0.2, 0) is 19.1 Å². The number of ether oxygens (including phenoxy) is 2. The molecular weight excluding hydrogens is 417 g/mol. The number of amides is 1. The number of nitrogens with zero attached hydrogens (tertiary/aromatic N) is 2. The van der Waals surface area contributed by atoms with E-state index >= 15 is 0 Å². The zero-order valence-corrected chi connectivity index (χ0v) is 16.1. The zero-order valence-electron chi connectivity index (χ0n) is 14.6.